The lowest BCUT2D eigenvalue weighted by Crippen LogP contribution is -2.32. The molecule has 0 aliphatic rings. The summed E-state index contributed by atoms with van der Waals surface area (Å²) < 4.78 is 0. The fourth-order valence-electron chi connectivity index (χ4n) is 0.360. The number of nitrogens with zero attached hydrogens (tertiary/aromatic N) is 1. The zero-order chi connectivity index (χ0) is 9.78. The minimum atomic E-state index is -0.404. The third-order valence-corrected chi connectivity index (χ3v) is 1.32. The van der Waals surface area contributed by atoms with Crippen molar-refractivity contribution in [1.29, 1.82) is 0 Å². The van der Waals surface area contributed by atoms with Gasteiger partial charge in [-0.15, -0.1) is 0 Å². The van der Waals surface area contributed by atoms with E-state index in [9.17, 15) is 4.79 Å². The number of hydrogen-bond acceptors (Lipinski definition) is 3. The van der Waals surface area contributed by atoms with Crippen molar-refractivity contribution >= 4 is 11.6 Å². The first-order valence-corrected chi connectivity index (χ1v) is 3.91. The first kappa shape index (κ1) is 11.1. The molecule has 0 heterocycles. The Bertz CT molecular complexity index is 191. The van der Waals surface area contributed by atoms with Gasteiger partial charge in [-0.05, 0) is 6.92 Å². The number of carbonyl (C=O) groups excluding carboxylic acids is 1. The van der Waals surface area contributed by atoms with Gasteiger partial charge in [0.15, 0.2) is 0 Å². The number of carbonyl (C=O) groups is 1. The summed E-state index contributed by atoms with van der Waals surface area (Å²) in [5.74, 6) is -0.102. The van der Waals surface area contributed by atoms with Gasteiger partial charge < -0.3 is 5.73 Å². The van der Waals surface area contributed by atoms with Gasteiger partial charge in [0.25, 0.3) is 0 Å². The predicted molar refractivity (Wildman–Crippen MR) is 49.8 cm³/mol. The SMILES string of the molecule is CC(CN)=NNC(=O)C(C)(C)C. The minimum absolute atomic E-state index is 0.102. The zero-order valence-corrected chi connectivity index (χ0v) is 8.14. The Morgan fingerprint density at radius 2 is 2.00 bits per heavy atom. The fraction of sp³-hybridized carbons (Fsp3) is 0.750. The van der Waals surface area contributed by atoms with Crippen LogP contribution in [0.15, 0.2) is 5.10 Å². The summed E-state index contributed by atoms with van der Waals surface area (Å²) >= 11 is 0. The van der Waals surface area contributed by atoms with E-state index in [-0.39, 0.29) is 5.91 Å². The Kier molecular flexibility index (Phi) is 3.89. The van der Waals surface area contributed by atoms with Crippen LogP contribution >= 0.6 is 0 Å². The predicted octanol–water partition coefficient (Wildman–Crippen LogP) is 0.483. The molecule has 0 aromatic heterocycles. The maximum Gasteiger partial charge on any atom is 0.245 e. The number of nitrogens with one attached hydrogen (secondary N) is 1. The van der Waals surface area contributed by atoms with Crippen LogP contribution in [-0.4, -0.2) is 18.2 Å². The second kappa shape index (κ2) is 4.21. The van der Waals surface area contributed by atoms with E-state index in [0.29, 0.717) is 12.3 Å². The van der Waals surface area contributed by atoms with Gasteiger partial charge in [-0.3, -0.25) is 4.79 Å². The highest BCUT2D eigenvalue weighted by molar-refractivity contribution is 5.87. The lowest BCUT2D eigenvalue weighted by Gasteiger charge is -2.15. The summed E-state index contributed by atoms with van der Waals surface area (Å²) in [5.41, 5.74) is 8.04. The van der Waals surface area contributed by atoms with Crippen molar-refractivity contribution in [3.8, 4) is 0 Å². The van der Waals surface area contributed by atoms with Gasteiger partial charge >= 0.3 is 0 Å². The molecule has 0 unspecified atom stereocenters. The monoisotopic (exact) mass is 171 g/mol. The van der Waals surface area contributed by atoms with Crippen molar-refractivity contribution in [2.24, 2.45) is 16.3 Å². The van der Waals surface area contributed by atoms with E-state index < -0.39 is 5.41 Å². The third-order valence-electron chi connectivity index (χ3n) is 1.32. The molecule has 0 saturated carbocycles. The molecule has 0 aliphatic heterocycles. The number of amides is 1. The summed E-state index contributed by atoms with van der Waals surface area (Å²) in [4.78, 5) is 11.2. The number of hydrazone groups is 1. The molecule has 0 aromatic carbocycles. The second-order valence-corrected chi connectivity index (χ2v) is 3.74. The molecule has 0 aliphatic carbocycles. The van der Waals surface area contributed by atoms with Crippen LogP contribution in [0.5, 0.6) is 0 Å². The van der Waals surface area contributed by atoms with Gasteiger partial charge in [-0.2, -0.15) is 5.10 Å². The summed E-state index contributed by atoms with van der Waals surface area (Å²) in [6.07, 6.45) is 0. The van der Waals surface area contributed by atoms with Crippen LogP contribution in [-0.2, 0) is 4.79 Å². The van der Waals surface area contributed by atoms with Crippen LogP contribution < -0.4 is 11.2 Å². The van der Waals surface area contributed by atoms with Crippen molar-refractivity contribution in [1.82, 2.24) is 5.43 Å². The lowest BCUT2D eigenvalue weighted by molar-refractivity contribution is -0.128. The molecule has 12 heavy (non-hydrogen) atoms. The Morgan fingerprint density at radius 3 is 2.33 bits per heavy atom. The molecule has 4 nitrogen and oxygen atoms in total. The van der Waals surface area contributed by atoms with Gasteiger partial charge in [0, 0.05) is 17.7 Å². The van der Waals surface area contributed by atoms with Gasteiger partial charge in [0.1, 0.15) is 0 Å². The summed E-state index contributed by atoms with van der Waals surface area (Å²) in [6, 6.07) is 0. The van der Waals surface area contributed by atoms with Crippen molar-refractivity contribution in [3.63, 3.8) is 0 Å². The Labute approximate surface area is 73.2 Å². The van der Waals surface area contributed by atoms with E-state index in [0.717, 1.165) is 0 Å². The summed E-state index contributed by atoms with van der Waals surface area (Å²) in [6.45, 7) is 7.62. The summed E-state index contributed by atoms with van der Waals surface area (Å²) in [7, 11) is 0. The Balaban J connectivity index is 4.04. The first-order valence-electron chi connectivity index (χ1n) is 3.91. The maximum absolute atomic E-state index is 11.2. The highest BCUT2D eigenvalue weighted by atomic mass is 16.2. The van der Waals surface area contributed by atoms with Crippen molar-refractivity contribution in [2.75, 3.05) is 6.54 Å². The van der Waals surface area contributed by atoms with Gasteiger partial charge in [0.05, 0.1) is 0 Å². The highest BCUT2D eigenvalue weighted by Crippen LogP contribution is 2.11. The highest BCUT2D eigenvalue weighted by Gasteiger charge is 2.20. The molecule has 0 radical (unpaired) electrons. The summed E-state index contributed by atoms with van der Waals surface area (Å²) in [5, 5.41) is 3.80. The third kappa shape index (κ3) is 4.08. The second-order valence-electron chi connectivity index (χ2n) is 3.74. The van der Waals surface area contributed by atoms with E-state index in [4.69, 9.17) is 5.73 Å². The van der Waals surface area contributed by atoms with Gasteiger partial charge in [-0.25, -0.2) is 5.43 Å². The zero-order valence-electron chi connectivity index (χ0n) is 8.14. The molecule has 0 spiro atoms. The topological polar surface area (TPSA) is 67.5 Å². The van der Waals surface area contributed by atoms with Crippen molar-refractivity contribution < 1.29 is 4.79 Å². The van der Waals surface area contributed by atoms with E-state index in [1.807, 2.05) is 20.8 Å². The van der Waals surface area contributed by atoms with Crippen LogP contribution in [0.2, 0.25) is 0 Å². The number of hydrogen-bond donors (Lipinski definition) is 2. The van der Waals surface area contributed by atoms with Gasteiger partial charge in [-0.1, -0.05) is 20.8 Å². The maximum atomic E-state index is 11.2. The Morgan fingerprint density at radius 1 is 1.50 bits per heavy atom. The standard InChI is InChI=1S/C8H17N3O/c1-6(5-9)10-11-7(12)8(2,3)4/h5,9H2,1-4H3,(H,11,12). The van der Waals surface area contributed by atoms with E-state index in [1.165, 1.54) is 0 Å². The molecule has 0 rings (SSSR count). The quantitative estimate of drug-likeness (QED) is 0.469. The van der Waals surface area contributed by atoms with E-state index >= 15 is 0 Å². The molecule has 0 bridgehead atoms. The van der Waals surface area contributed by atoms with Crippen LogP contribution in [0.3, 0.4) is 0 Å². The molecular weight excluding hydrogens is 154 g/mol. The van der Waals surface area contributed by atoms with Crippen molar-refractivity contribution in [2.45, 2.75) is 27.7 Å². The van der Waals surface area contributed by atoms with Crippen LogP contribution in [0.25, 0.3) is 0 Å². The smallest absolute Gasteiger partial charge is 0.245 e. The normalized spacial score (nSPS) is 12.9. The molecule has 70 valence electrons. The molecule has 4 heteroatoms. The average molecular weight is 171 g/mol. The average Bonchev–Trinajstić information content (AvgIpc) is 1.97. The molecule has 1 amide bonds. The van der Waals surface area contributed by atoms with Crippen molar-refractivity contribution in [3.05, 3.63) is 0 Å². The molecule has 0 fully saturated rings. The molecule has 0 atom stereocenters. The van der Waals surface area contributed by atoms with E-state index in [2.05, 4.69) is 10.5 Å². The lowest BCUT2D eigenvalue weighted by atomic mass is 9.96. The fourth-order valence-corrected chi connectivity index (χ4v) is 0.360. The van der Waals surface area contributed by atoms with E-state index in [1.54, 1.807) is 6.92 Å². The number of rotatable bonds is 2. The van der Waals surface area contributed by atoms with Crippen LogP contribution in [0.1, 0.15) is 27.7 Å². The molecule has 0 saturated heterocycles. The first-order chi connectivity index (χ1) is 5.38. The number of nitrogens with two attached hydrogens (primary N) is 1. The molecular formula is C8H17N3O. The Hall–Kier alpha value is -0.900. The minimum Gasteiger partial charge on any atom is -0.325 e. The van der Waals surface area contributed by atoms with Crippen LogP contribution in [0.4, 0.5) is 0 Å². The largest absolute Gasteiger partial charge is 0.325 e. The van der Waals surface area contributed by atoms with Gasteiger partial charge in [0.2, 0.25) is 5.91 Å². The molecule has 3 N–H and O–H groups in total. The van der Waals surface area contributed by atoms with Crippen LogP contribution in [0, 0.1) is 5.41 Å². The molecule has 0 aromatic rings.